The lowest BCUT2D eigenvalue weighted by atomic mass is 10.2. The Balaban J connectivity index is 1.95. The van der Waals surface area contributed by atoms with Crippen molar-refractivity contribution < 1.29 is 23.8 Å². The van der Waals surface area contributed by atoms with Crippen molar-refractivity contribution in [2.24, 2.45) is 0 Å². The molecular formula is C18H21NO5S. The Bertz CT molecular complexity index is 769. The van der Waals surface area contributed by atoms with E-state index in [1.807, 2.05) is 19.9 Å². The van der Waals surface area contributed by atoms with Crippen molar-refractivity contribution in [1.29, 1.82) is 0 Å². The molecule has 0 atom stereocenters. The number of carbonyl (C=O) groups excluding carboxylic acids is 2. The molecule has 6 nitrogen and oxygen atoms in total. The van der Waals surface area contributed by atoms with Crippen LogP contribution in [0.1, 0.15) is 27.0 Å². The molecule has 1 N–H and O–H groups in total. The minimum absolute atomic E-state index is 0.369. The third-order valence-corrected chi connectivity index (χ3v) is 4.69. The van der Waals surface area contributed by atoms with E-state index in [2.05, 4.69) is 5.32 Å². The highest BCUT2D eigenvalue weighted by molar-refractivity contribution is 7.14. The van der Waals surface area contributed by atoms with Crippen molar-refractivity contribution in [3.63, 3.8) is 0 Å². The van der Waals surface area contributed by atoms with E-state index in [4.69, 9.17) is 14.2 Å². The standard InChI is InChI=1S/C18H21NO5S/c1-5-12-8-16(25-11(12)2)18(21)24-10-17(20)19-14-7-6-13(22-3)9-15(14)23-4/h6-9H,5,10H2,1-4H3,(H,19,20). The first-order valence-corrected chi connectivity index (χ1v) is 8.58. The van der Waals surface area contributed by atoms with Gasteiger partial charge in [0.25, 0.3) is 5.91 Å². The van der Waals surface area contributed by atoms with Gasteiger partial charge in [-0.05, 0) is 37.1 Å². The predicted molar refractivity (Wildman–Crippen MR) is 96.9 cm³/mol. The molecule has 0 saturated carbocycles. The van der Waals surface area contributed by atoms with Crippen LogP contribution >= 0.6 is 11.3 Å². The van der Waals surface area contributed by atoms with Crippen molar-refractivity contribution in [3.8, 4) is 11.5 Å². The molecule has 0 fully saturated rings. The van der Waals surface area contributed by atoms with E-state index in [9.17, 15) is 9.59 Å². The summed E-state index contributed by atoms with van der Waals surface area (Å²) in [6.45, 7) is 3.62. The topological polar surface area (TPSA) is 73.9 Å². The Morgan fingerprint density at radius 3 is 2.52 bits per heavy atom. The maximum absolute atomic E-state index is 12.1. The Morgan fingerprint density at radius 1 is 1.16 bits per heavy atom. The van der Waals surface area contributed by atoms with Gasteiger partial charge in [-0.2, -0.15) is 0 Å². The molecule has 25 heavy (non-hydrogen) atoms. The number of aryl methyl sites for hydroxylation is 2. The molecule has 0 radical (unpaired) electrons. The van der Waals surface area contributed by atoms with Crippen molar-refractivity contribution in [1.82, 2.24) is 0 Å². The molecular weight excluding hydrogens is 342 g/mol. The number of nitrogens with one attached hydrogen (secondary N) is 1. The summed E-state index contributed by atoms with van der Waals surface area (Å²) in [5.74, 6) is 0.132. The number of ether oxygens (including phenoxy) is 3. The first-order chi connectivity index (χ1) is 12.0. The number of anilines is 1. The normalized spacial score (nSPS) is 10.2. The van der Waals surface area contributed by atoms with Gasteiger partial charge in [0.05, 0.1) is 19.9 Å². The molecule has 134 valence electrons. The van der Waals surface area contributed by atoms with Gasteiger partial charge < -0.3 is 19.5 Å². The highest BCUT2D eigenvalue weighted by Gasteiger charge is 2.15. The van der Waals surface area contributed by atoms with Crippen LogP contribution in [-0.4, -0.2) is 32.7 Å². The van der Waals surface area contributed by atoms with Gasteiger partial charge in [0.1, 0.15) is 16.4 Å². The second-order valence-electron chi connectivity index (χ2n) is 5.24. The zero-order valence-electron chi connectivity index (χ0n) is 14.7. The van der Waals surface area contributed by atoms with Gasteiger partial charge in [-0.3, -0.25) is 4.79 Å². The molecule has 7 heteroatoms. The largest absolute Gasteiger partial charge is 0.497 e. The highest BCUT2D eigenvalue weighted by atomic mass is 32.1. The maximum Gasteiger partial charge on any atom is 0.348 e. The second-order valence-corrected chi connectivity index (χ2v) is 6.49. The molecule has 2 rings (SSSR count). The molecule has 0 spiro atoms. The Labute approximate surface area is 150 Å². The Morgan fingerprint density at radius 2 is 1.92 bits per heavy atom. The molecule has 1 amide bonds. The maximum atomic E-state index is 12.1. The third kappa shape index (κ3) is 4.73. The monoisotopic (exact) mass is 363 g/mol. The molecule has 1 heterocycles. The van der Waals surface area contributed by atoms with E-state index < -0.39 is 11.9 Å². The van der Waals surface area contributed by atoms with Crippen LogP contribution in [0.4, 0.5) is 5.69 Å². The van der Waals surface area contributed by atoms with Gasteiger partial charge in [0.15, 0.2) is 6.61 Å². The van der Waals surface area contributed by atoms with Gasteiger partial charge >= 0.3 is 5.97 Å². The number of hydrogen-bond acceptors (Lipinski definition) is 6. The quantitative estimate of drug-likeness (QED) is 0.763. The summed E-state index contributed by atoms with van der Waals surface area (Å²) in [6.07, 6.45) is 0.855. The summed E-state index contributed by atoms with van der Waals surface area (Å²) in [7, 11) is 3.04. The molecule has 1 aromatic heterocycles. The van der Waals surface area contributed by atoms with E-state index >= 15 is 0 Å². The van der Waals surface area contributed by atoms with E-state index in [1.54, 1.807) is 25.3 Å². The molecule has 0 saturated heterocycles. The smallest absolute Gasteiger partial charge is 0.348 e. The van der Waals surface area contributed by atoms with Crippen LogP contribution < -0.4 is 14.8 Å². The minimum Gasteiger partial charge on any atom is -0.497 e. The Kier molecular flexibility index (Phi) is 6.41. The van der Waals surface area contributed by atoms with Crippen molar-refractivity contribution in [2.45, 2.75) is 20.3 Å². The summed E-state index contributed by atoms with van der Waals surface area (Å²) >= 11 is 1.37. The third-order valence-electron chi connectivity index (χ3n) is 3.62. The molecule has 0 bridgehead atoms. The molecule has 2 aromatic rings. The van der Waals surface area contributed by atoms with Gasteiger partial charge in [-0.1, -0.05) is 6.92 Å². The average Bonchev–Trinajstić information content (AvgIpc) is 3.00. The molecule has 0 unspecified atom stereocenters. The minimum atomic E-state index is -0.496. The van der Waals surface area contributed by atoms with E-state index in [0.29, 0.717) is 22.1 Å². The first kappa shape index (κ1) is 18.8. The van der Waals surface area contributed by atoms with Crippen LogP contribution in [0.2, 0.25) is 0 Å². The fraction of sp³-hybridized carbons (Fsp3) is 0.333. The van der Waals surface area contributed by atoms with Crippen LogP contribution in [-0.2, 0) is 16.0 Å². The lowest BCUT2D eigenvalue weighted by Crippen LogP contribution is -2.21. The van der Waals surface area contributed by atoms with Crippen LogP contribution in [0.25, 0.3) is 0 Å². The lowest BCUT2D eigenvalue weighted by molar-refractivity contribution is -0.119. The summed E-state index contributed by atoms with van der Waals surface area (Å²) in [5.41, 5.74) is 1.59. The number of carbonyl (C=O) groups is 2. The molecule has 0 aliphatic rings. The number of amides is 1. The number of thiophene rings is 1. The fourth-order valence-corrected chi connectivity index (χ4v) is 3.27. The van der Waals surface area contributed by atoms with E-state index in [0.717, 1.165) is 16.9 Å². The number of methoxy groups -OCH3 is 2. The fourth-order valence-electron chi connectivity index (χ4n) is 2.26. The molecule has 0 aliphatic carbocycles. The molecule has 1 aromatic carbocycles. The molecule has 0 aliphatic heterocycles. The summed E-state index contributed by atoms with van der Waals surface area (Å²) < 4.78 is 15.4. The van der Waals surface area contributed by atoms with Crippen LogP contribution in [0.5, 0.6) is 11.5 Å². The van der Waals surface area contributed by atoms with E-state index in [1.165, 1.54) is 18.4 Å². The highest BCUT2D eigenvalue weighted by Crippen LogP contribution is 2.29. The number of rotatable bonds is 7. The zero-order valence-corrected chi connectivity index (χ0v) is 15.5. The van der Waals surface area contributed by atoms with Gasteiger partial charge in [0, 0.05) is 10.9 Å². The SMILES string of the molecule is CCc1cc(C(=O)OCC(=O)Nc2ccc(OC)cc2OC)sc1C. The van der Waals surface area contributed by atoms with Crippen molar-refractivity contribution in [2.75, 3.05) is 26.1 Å². The summed E-state index contributed by atoms with van der Waals surface area (Å²) in [4.78, 5) is 25.7. The van der Waals surface area contributed by atoms with Gasteiger partial charge in [-0.15, -0.1) is 11.3 Å². The van der Waals surface area contributed by atoms with Crippen molar-refractivity contribution >= 4 is 28.9 Å². The second kappa shape index (κ2) is 8.53. The van der Waals surface area contributed by atoms with Gasteiger partial charge in [0.2, 0.25) is 0 Å². The van der Waals surface area contributed by atoms with Crippen molar-refractivity contribution in [3.05, 3.63) is 39.6 Å². The Hall–Kier alpha value is -2.54. The lowest BCUT2D eigenvalue weighted by Gasteiger charge is -2.11. The number of hydrogen-bond donors (Lipinski definition) is 1. The first-order valence-electron chi connectivity index (χ1n) is 7.76. The van der Waals surface area contributed by atoms with Crippen LogP contribution in [0, 0.1) is 6.92 Å². The van der Waals surface area contributed by atoms with Gasteiger partial charge in [-0.25, -0.2) is 4.79 Å². The van der Waals surface area contributed by atoms with Crippen LogP contribution in [0.3, 0.4) is 0 Å². The van der Waals surface area contributed by atoms with E-state index in [-0.39, 0.29) is 6.61 Å². The summed E-state index contributed by atoms with van der Waals surface area (Å²) in [5, 5.41) is 2.65. The number of esters is 1. The summed E-state index contributed by atoms with van der Waals surface area (Å²) in [6, 6.07) is 6.83. The zero-order chi connectivity index (χ0) is 18.4. The predicted octanol–water partition coefficient (Wildman–Crippen LogP) is 3.43. The van der Waals surface area contributed by atoms with Crippen LogP contribution in [0.15, 0.2) is 24.3 Å². The average molecular weight is 363 g/mol. The number of benzene rings is 1.